The second-order valence-electron chi connectivity index (χ2n) is 7.15. The molecule has 2 amide bonds. The Morgan fingerprint density at radius 3 is 0.921 bits per heavy atom. The van der Waals surface area contributed by atoms with Crippen LogP contribution in [0.2, 0.25) is 0 Å². The molecule has 0 aliphatic carbocycles. The van der Waals surface area contributed by atoms with Gasteiger partial charge in [-0.1, -0.05) is 0 Å². The number of carbonyl (C=O) groups is 4. The van der Waals surface area contributed by atoms with Gasteiger partial charge in [0.05, 0.1) is 79.3 Å². The van der Waals surface area contributed by atoms with E-state index in [-0.39, 0.29) is 26.3 Å². The fraction of sp³-hybridized carbons (Fsp3) is 0.818. The van der Waals surface area contributed by atoms with Crippen LogP contribution in [-0.4, -0.2) is 153 Å². The van der Waals surface area contributed by atoms with E-state index in [1.165, 1.54) is 0 Å². The smallest absolute Gasteiger partial charge is 0.329 e. The molecule has 0 aromatic rings. The van der Waals surface area contributed by atoms with Gasteiger partial charge in [-0.25, -0.2) is 9.59 Å². The molecule has 0 aliphatic heterocycles. The lowest BCUT2D eigenvalue weighted by Crippen LogP contribution is -2.31. The summed E-state index contributed by atoms with van der Waals surface area (Å²) in [5.41, 5.74) is 0. The predicted octanol–water partition coefficient (Wildman–Crippen LogP) is -2.48. The maximum atomic E-state index is 11.3. The molecule has 0 aromatic carbocycles. The number of nitrogens with one attached hydrogen (secondary N) is 2. The third-order valence-corrected chi connectivity index (χ3v) is 3.91. The van der Waals surface area contributed by atoms with Crippen molar-refractivity contribution >= 4 is 23.8 Å². The maximum absolute atomic E-state index is 11.3. The summed E-state index contributed by atoms with van der Waals surface area (Å²) in [5, 5.41) is 21.8. The zero-order valence-electron chi connectivity index (χ0n) is 21.5. The number of hydrogen-bond donors (Lipinski definition) is 4. The Morgan fingerprint density at radius 1 is 0.395 bits per heavy atom. The van der Waals surface area contributed by atoms with Crippen LogP contribution in [0.1, 0.15) is 0 Å². The fourth-order valence-corrected chi connectivity index (χ4v) is 2.29. The molecule has 0 spiro atoms. The van der Waals surface area contributed by atoms with Gasteiger partial charge in [-0.15, -0.1) is 0 Å². The standard InChI is InChI=1S/C22H40N2O14/c25-19(15-37-17-21(27)28)23-1-3-31-5-7-33-9-11-35-13-14-36-12-10-34-8-6-32-4-2-24-20(26)16-38-18-22(29)30/h1-18H2,(H,23,25)(H,24,26)(H,27,28)(H,29,30). The van der Waals surface area contributed by atoms with Crippen molar-refractivity contribution in [3.05, 3.63) is 0 Å². The molecule has 0 saturated carbocycles. The topological polar surface area (TPSA) is 207 Å². The normalized spacial score (nSPS) is 10.8. The second kappa shape index (κ2) is 27.6. The van der Waals surface area contributed by atoms with Gasteiger partial charge in [0.15, 0.2) is 0 Å². The average molecular weight is 557 g/mol. The summed E-state index contributed by atoms with van der Waals surface area (Å²) in [5.74, 6) is -3.09. The fourth-order valence-electron chi connectivity index (χ4n) is 2.29. The first kappa shape index (κ1) is 35.6. The lowest BCUT2D eigenvalue weighted by molar-refractivity contribution is -0.145. The molecular weight excluding hydrogens is 516 g/mol. The van der Waals surface area contributed by atoms with Gasteiger partial charge in [0.1, 0.15) is 26.4 Å². The van der Waals surface area contributed by atoms with E-state index in [0.717, 1.165) is 0 Å². The number of rotatable bonds is 29. The van der Waals surface area contributed by atoms with Gasteiger partial charge in [0.25, 0.3) is 0 Å². The van der Waals surface area contributed by atoms with Gasteiger partial charge in [0.2, 0.25) is 11.8 Å². The Morgan fingerprint density at radius 2 is 0.658 bits per heavy atom. The number of hydrogen-bond acceptors (Lipinski definition) is 12. The highest BCUT2D eigenvalue weighted by molar-refractivity contribution is 5.78. The quantitative estimate of drug-likeness (QED) is 0.0704. The van der Waals surface area contributed by atoms with Gasteiger partial charge in [-0.05, 0) is 0 Å². The van der Waals surface area contributed by atoms with Crippen LogP contribution in [-0.2, 0) is 57.1 Å². The molecular formula is C22H40N2O14. The van der Waals surface area contributed by atoms with E-state index < -0.39 is 37.0 Å². The molecule has 0 fully saturated rings. The van der Waals surface area contributed by atoms with Crippen LogP contribution in [0.5, 0.6) is 0 Å². The Bertz CT molecular complexity index is 571. The molecule has 0 heterocycles. The number of aliphatic carboxylic acids is 2. The average Bonchev–Trinajstić information content (AvgIpc) is 2.86. The maximum Gasteiger partial charge on any atom is 0.329 e. The first-order chi connectivity index (χ1) is 18.4. The van der Waals surface area contributed by atoms with Gasteiger partial charge in [0, 0.05) is 13.1 Å². The molecule has 0 bridgehead atoms. The monoisotopic (exact) mass is 556 g/mol. The molecule has 0 radical (unpaired) electrons. The number of carboxylic acids is 2. The molecule has 222 valence electrons. The van der Waals surface area contributed by atoms with Crippen LogP contribution in [0, 0.1) is 0 Å². The van der Waals surface area contributed by atoms with Crippen molar-refractivity contribution < 1.29 is 67.3 Å². The van der Waals surface area contributed by atoms with Crippen LogP contribution in [0.15, 0.2) is 0 Å². The first-order valence-electron chi connectivity index (χ1n) is 12.0. The third kappa shape index (κ3) is 29.8. The van der Waals surface area contributed by atoms with Gasteiger partial charge in [-0.2, -0.15) is 0 Å². The molecule has 4 N–H and O–H groups in total. The Kier molecular flexibility index (Phi) is 25.8. The van der Waals surface area contributed by atoms with Crippen molar-refractivity contribution in [2.75, 3.05) is 119 Å². The van der Waals surface area contributed by atoms with Gasteiger partial charge < -0.3 is 58.7 Å². The summed E-state index contributed by atoms with van der Waals surface area (Å²) in [6.07, 6.45) is 0. The Balaban J connectivity index is 3.16. The summed E-state index contributed by atoms with van der Waals surface area (Å²) in [6, 6.07) is 0. The summed E-state index contributed by atoms with van der Waals surface area (Å²) in [6.45, 7) is 3.50. The first-order valence-corrected chi connectivity index (χ1v) is 12.0. The zero-order valence-corrected chi connectivity index (χ0v) is 21.5. The number of carboxylic acid groups (broad SMARTS) is 2. The molecule has 16 nitrogen and oxygen atoms in total. The van der Waals surface area contributed by atoms with Crippen LogP contribution in [0.4, 0.5) is 0 Å². The summed E-state index contributed by atoms with van der Waals surface area (Å²) >= 11 is 0. The van der Waals surface area contributed by atoms with E-state index in [1.807, 2.05) is 0 Å². The number of ether oxygens (including phenoxy) is 8. The minimum absolute atomic E-state index is 0.286. The van der Waals surface area contributed by atoms with E-state index in [9.17, 15) is 19.2 Å². The van der Waals surface area contributed by atoms with Crippen LogP contribution < -0.4 is 10.6 Å². The molecule has 38 heavy (non-hydrogen) atoms. The second-order valence-corrected chi connectivity index (χ2v) is 7.15. The zero-order chi connectivity index (χ0) is 28.1. The van der Waals surface area contributed by atoms with E-state index in [4.69, 9.17) is 38.6 Å². The van der Waals surface area contributed by atoms with E-state index in [0.29, 0.717) is 79.3 Å². The van der Waals surface area contributed by atoms with Gasteiger partial charge >= 0.3 is 11.9 Å². The van der Waals surface area contributed by atoms with Crippen molar-refractivity contribution in [3.8, 4) is 0 Å². The number of carbonyl (C=O) groups excluding carboxylic acids is 2. The summed E-state index contributed by atoms with van der Waals surface area (Å²) in [4.78, 5) is 43.1. The van der Waals surface area contributed by atoms with Crippen LogP contribution in [0.25, 0.3) is 0 Å². The van der Waals surface area contributed by atoms with Crippen LogP contribution in [0.3, 0.4) is 0 Å². The highest BCUT2D eigenvalue weighted by Gasteiger charge is 2.04. The highest BCUT2D eigenvalue weighted by atomic mass is 16.6. The number of amides is 2. The predicted molar refractivity (Wildman–Crippen MR) is 128 cm³/mol. The SMILES string of the molecule is O=C(O)COCC(=O)NCCOCCOCCOCCOCCOCCOCCNC(=O)COCC(=O)O. The minimum Gasteiger partial charge on any atom is -0.480 e. The lowest BCUT2D eigenvalue weighted by atomic mass is 10.6. The van der Waals surface area contributed by atoms with E-state index in [1.54, 1.807) is 0 Å². The minimum atomic E-state index is -1.13. The third-order valence-electron chi connectivity index (χ3n) is 3.91. The van der Waals surface area contributed by atoms with Crippen molar-refractivity contribution in [3.63, 3.8) is 0 Å². The molecule has 0 saturated heterocycles. The summed E-state index contributed by atoms with van der Waals surface area (Å²) in [7, 11) is 0. The van der Waals surface area contributed by atoms with E-state index in [2.05, 4.69) is 20.1 Å². The molecule has 0 atom stereocenters. The molecule has 0 rings (SSSR count). The Labute approximate surface area is 221 Å². The Hall–Kier alpha value is -2.44. The summed E-state index contributed by atoms with van der Waals surface area (Å²) < 4.78 is 41.3. The van der Waals surface area contributed by atoms with Crippen molar-refractivity contribution in [1.29, 1.82) is 0 Å². The van der Waals surface area contributed by atoms with Crippen molar-refractivity contribution in [1.82, 2.24) is 10.6 Å². The van der Waals surface area contributed by atoms with E-state index >= 15 is 0 Å². The largest absolute Gasteiger partial charge is 0.480 e. The molecule has 0 unspecified atom stereocenters. The molecule has 0 aliphatic rings. The molecule has 0 aromatic heterocycles. The van der Waals surface area contributed by atoms with Gasteiger partial charge in [-0.3, -0.25) is 9.59 Å². The van der Waals surface area contributed by atoms with Crippen LogP contribution >= 0.6 is 0 Å². The van der Waals surface area contributed by atoms with Crippen molar-refractivity contribution in [2.45, 2.75) is 0 Å². The highest BCUT2D eigenvalue weighted by Crippen LogP contribution is 1.85. The lowest BCUT2D eigenvalue weighted by Gasteiger charge is -2.09. The molecule has 16 heteroatoms. The van der Waals surface area contributed by atoms with Crippen molar-refractivity contribution in [2.24, 2.45) is 0 Å².